The predicted molar refractivity (Wildman–Crippen MR) is 482 cm³/mol. The maximum atomic E-state index is 3.99. The Labute approximate surface area is 652 Å². The van der Waals surface area contributed by atoms with Crippen LogP contribution in [0.1, 0.15) is 116 Å². The van der Waals surface area contributed by atoms with E-state index in [0.29, 0.717) is 0 Å². The van der Waals surface area contributed by atoms with Gasteiger partial charge in [-0.2, -0.15) is 0 Å². The molecule has 540 valence electrons. The fraction of sp³-hybridized carbons (Fsp3) is 0.121. The Morgan fingerprint density at radius 3 is 0.973 bits per heavy atom. The lowest BCUT2D eigenvalue weighted by Gasteiger charge is -2.21. The van der Waals surface area contributed by atoms with Crippen molar-refractivity contribution in [3.05, 3.63) is 380 Å². The van der Waals surface area contributed by atoms with Crippen LogP contribution in [0, 0.1) is 0 Å². The highest BCUT2D eigenvalue weighted by molar-refractivity contribution is 6.14. The van der Waals surface area contributed by atoms with E-state index in [9.17, 15) is 0 Å². The third-order valence-electron chi connectivity index (χ3n) is 22.9. The first-order chi connectivity index (χ1) is 54.8. The van der Waals surface area contributed by atoms with Crippen molar-refractivity contribution in [1.82, 2.24) is 18.3 Å². The van der Waals surface area contributed by atoms with Gasteiger partial charge in [0, 0.05) is 96.1 Å². The van der Waals surface area contributed by atoms with E-state index in [2.05, 4.69) is 374 Å². The van der Waals surface area contributed by atoms with Crippen LogP contribution in [0.25, 0.3) is 174 Å². The molecule has 0 bridgehead atoms. The molecule has 4 aromatic heterocycles. The molecule has 0 aliphatic heterocycles. The van der Waals surface area contributed by atoms with Crippen LogP contribution in [0.3, 0.4) is 0 Å². The molecule has 0 N–H and O–H groups in total. The van der Waals surface area contributed by atoms with E-state index in [0.717, 1.165) is 41.0 Å². The second-order valence-corrected chi connectivity index (χ2v) is 29.7. The van der Waals surface area contributed by atoms with Gasteiger partial charge in [-0.1, -0.05) is 315 Å². The summed E-state index contributed by atoms with van der Waals surface area (Å²) in [5, 5.41) is 10.3. The number of aryl methyl sites for hydroxylation is 2. The summed E-state index contributed by atoms with van der Waals surface area (Å²) in [5.74, 6) is -0.000550. The molecule has 14 aromatic carbocycles. The summed E-state index contributed by atoms with van der Waals surface area (Å²) in [7, 11) is 0. The highest BCUT2D eigenvalue weighted by Crippen LogP contribution is 2.44. The van der Waals surface area contributed by atoms with Crippen molar-refractivity contribution in [2.45, 2.75) is 84.2 Å². The second-order valence-electron chi connectivity index (χ2n) is 29.7. The third-order valence-corrected chi connectivity index (χ3v) is 22.9. The average molecular weight is 1430 g/mol. The molecule has 18 rings (SSSR count). The Hall–Kier alpha value is -13.0. The topological polar surface area (TPSA) is 19.7 Å². The summed E-state index contributed by atoms with van der Waals surface area (Å²) in [5.41, 5.74) is 30.3. The van der Waals surface area contributed by atoms with Gasteiger partial charge in [0.1, 0.15) is 0 Å². The first-order valence-corrected chi connectivity index (χ1v) is 39.7. The Bertz CT molecular complexity index is 6160. The Balaban J connectivity index is 0.000000202. The van der Waals surface area contributed by atoms with Crippen LogP contribution >= 0.6 is 0 Å². The van der Waals surface area contributed by atoms with Crippen molar-refractivity contribution in [2.75, 3.05) is 0 Å². The van der Waals surface area contributed by atoms with Gasteiger partial charge in [-0.25, -0.2) is 0 Å². The zero-order valence-electron chi connectivity index (χ0n) is 63.7. The van der Waals surface area contributed by atoms with Gasteiger partial charge in [-0.05, 0) is 205 Å². The normalized spacial score (nSPS) is 11.7. The van der Waals surface area contributed by atoms with E-state index < -0.39 is 0 Å². The molecular formula is C107H92N4. The van der Waals surface area contributed by atoms with Crippen molar-refractivity contribution < 1.29 is 0 Å². The van der Waals surface area contributed by atoms with Gasteiger partial charge >= 0.3 is 0 Å². The number of nitrogens with zero attached hydrogens (tertiary/aromatic N) is 4. The molecular weight excluding hydrogens is 1340 g/mol. The molecule has 0 saturated heterocycles. The van der Waals surface area contributed by atoms with Crippen LogP contribution in [0.2, 0.25) is 0 Å². The molecule has 0 radical (unpaired) electrons. The number of benzene rings is 14. The molecule has 0 saturated carbocycles. The minimum atomic E-state index is -0.000550. The van der Waals surface area contributed by atoms with Crippen molar-refractivity contribution in [2.24, 2.45) is 0 Å². The van der Waals surface area contributed by atoms with Crippen molar-refractivity contribution in [3.8, 4) is 50.2 Å². The Kier molecular flexibility index (Phi) is 20.2. The van der Waals surface area contributed by atoms with Gasteiger partial charge in [-0.15, -0.1) is 0 Å². The summed E-state index contributed by atoms with van der Waals surface area (Å²) >= 11 is 0. The minimum Gasteiger partial charge on any atom is -0.340 e. The molecule has 0 atom stereocenters. The van der Waals surface area contributed by atoms with E-state index in [1.54, 1.807) is 0 Å². The number of fused-ring (bicyclic) bond motifs is 12. The summed E-state index contributed by atoms with van der Waals surface area (Å²) in [6.45, 7) is 22.4. The summed E-state index contributed by atoms with van der Waals surface area (Å²) in [6.07, 6.45) is 21.8. The van der Waals surface area contributed by atoms with E-state index in [1.165, 1.54) is 205 Å². The van der Waals surface area contributed by atoms with E-state index >= 15 is 0 Å². The monoisotopic (exact) mass is 1430 g/mol. The van der Waals surface area contributed by atoms with Crippen LogP contribution in [-0.2, 0) is 13.1 Å². The fourth-order valence-electron chi connectivity index (χ4n) is 17.0. The fourth-order valence-corrected chi connectivity index (χ4v) is 17.0. The highest BCUT2D eigenvalue weighted by atomic mass is 15.0. The number of hydrogen-bond acceptors (Lipinski definition) is 0. The maximum absolute atomic E-state index is 3.99. The third kappa shape index (κ3) is 14.0. The highest BCUT2D eigenvalue weighted by Gasteiger charge is 2.24. The summed E-state index contributed by atoms with van der Waals surface area (Å²) in [6, 6.07) is 115. The van der Waals surface area contributed by atoms with Gasteiger partial charge in [0.25, 0.3) is 0 Å². The zero-order valence-corrected chi connectivity index (χ0v) is 63.7. The molecule has 0 spiro atoms. The quantitative estimate of drug-likeness (QED) is 0.0424. The SMILES string of the molecule is C=Cc1ccc(-c2ccc3c(c2)c2cc(-c4ccc(C=C)cc4)ccc2n3-c2ccc(C(c3ccc4c(c3)c3ccccc3n4CCCCCC)c3ccc4c(c3)c3ccccc3n4CCCCCC)cc2)cc1.C=Cc1ccc(-c2ccc3c(c2)c2cc(-c4ccc(C=C)cc4)ccc2n3/C=C/c2ccccc2)cc1. The van der Waals surface area contributed by atoms with Crippen LogP contribution in [0.5, 0.6) is 0 Å². The van der Waals surface area contributed by atoms with Crippen LogP contribution < -0.4 is 0 Å². The summed E-state index contributed by atoms with van der Waals surface area (Å²) in [4.78, 5) is 0. The van der Waals surface area contributed by atoms with E-state index in [-0.39, 0.29) is 5.92 Å². The van der Waals surface area contributed by atoms with Crippen LogP contribution in [0.15, 0.2) is 336 Å². The number of para-hydroxylation sites is 2. The molecule has 4 nitrogen and oxygen atoms in total. The first kappa shape index (κ1) is 70.9. The van der Waals surface area contributed by atoms with E-state index in [1.807, 2.05) is 30.4 Å². The van der Waals surface area contributed by atoms with Gasteiger partial charge < -0.3 is 18.3 Å². The minimum absolute atomic E-state index is 0.000550. The number of aromatic nitrogens is 4. The average Bonchev–Trinajstić information content (AvgIpc) is 1.60. The molecule has 4 heteroatoms. The molecule has 0 fully saturated rings. The van der Waals surface area contributed by atoms with Gasteiger partial charge in [0.2, 0.25) is 0 Å². The smallest absolute Gasteiger partial charge is 0.0541 e. The first-order valence-electron chi connectivity index (χ1n) is 39.7. The number of hydrogen-bond donors (Lipinski definition) is 0. The van der Waals surface area contributed by atoms with Crippen molar-refractivity contribution >= 4 is 124 Å². The zero-order chi connectivity index (χ0) is 75.3. The standard InChI is InChI=1S/C71H65N3.C36H27N/c1-5-9-11-17-43-72-65-21-15-13-19-59(65)61-47-56(35-39-67(61)72)71(57-36-40-68-62(48-57)60-20-14-16-22-66(60)73(68)44-18-12-10-6-2)53-31-37-58(38-32-53)74-69-41-33-54(51-27-23-49(7-3)24-28-51)45-63(69)64-46-55(34-42-70(64)74)52-29-25-50(8-4)26-30-52;1-3-26-10-14-29(15-11-26)31-18-20-35-33(24-31)34-25-32(30-16-12-27(4-2)13-17-30)19-21-36(34)37(35)23-22-28-8-6-5-7-9-28/h7-8,13-16,19-42,45-48,71H,3-6,9-12,17-18,43-44H2,1-2H3;3-25H,1-2H2/b;23-22+. The molecule has 0 aliphatic carbocycles. The molecule has 0 aliphatic rings. The molecule has 0 unspecified atom stereocenters. The van der Waals surface area contributed by atoms with Crippen molar-refractivity contribution in [3.63, 3.8) is 0 Å². The van der Waals surface area contributed by atoms with Gasteiger partial charge in [-0.3, -0.25) is 0 Å². The second kappa shape index (κ2) is 31.7. The summed E-state index contributed by atoms with van der Waals surface area (Å²) < 4.78 is 9.91. The van der Waals surface area contributed by atoms with Crippen molar-refractivity contribution in [1.29, 1.82) is 0 Å². The molecule has 4 heterocycles. The van der Waals surface area contributed by atoms with Gasteiger partial charge in [0.15, 0.2) is 0 Å². The lowest BCUT2D eigenvalue weighted by molar-refractivity contribution is 0.602. The Morgan fingerprint density at radius 2 is 0.586 bits per heavy atom. The van der Waals surface area contributed by atoms with Gasteiger partial charge in [0.05, 0.1) is 22.1 Å². The molecule has 0 amide bonds. The largest absolute Gasteiger partial charge is 0.340 e. The predicted octanol–water partition coefficient (Wildman–Crippen LogP) is 30.0. The number of rotatable bonds is 24. The van der Waals surface area contributed by atoms with Crippen LogP contribution in [-0.4, -0.2) is 18.3 Å². The lowest BCUT2D eigenvalue weighted by atomic mass is 9.84. The Morgan fingerprint density at radius 1 is 0.261 bits per heavy atom. The van der Waals surface area contributed by atoms with Crippen LogP contribution in [0.4, 0.5) is 0 Å². The number of unbranched alkanes of at least 4 members (excludes halogenated alkanes) is 6. The molecule has 18 aromatic rings. The van der Waals surface area contributed by atoms with E-state index in [4.69, 9.17) is 0 Å². The maximum Gasteiger partial charge on any atom is 0.0541 e. The lowest BCUT2D eigenvalue weighted by Crippen LogP contribution is -2.05. The molecule has 111 heavy (non-hydrogen) atoms.